The molecule has 2 nitrogen and oxygen atoms in total. The molecule has 8 rings (SSSR count). The molecule has 0 radical (unpaired) electrons. The molecule has 1 spiro atoms. The smallest absolute Gasteiger partial charge is 0.207 e. The van der Waals surface area contributed by atoms with E-state index in [9.17, 15) is 0 Å². The maximum Gasteiger partial charge on any atom is 0.207 e. The van der Waals surface area contributed by atoms with Crippen LogP contribution in [-0.2, 0) is 11.8 Å². The lowest BCUT2D eigenvalue weighted by atomic mass is 9.14. The van der Waals surface area contributed by atoms with Crippen LogP contribution in [0.15, 0.2) is 175 Å². The van der Waals surface area contributed by atoms with Gasteiger partial charge in [0.2, 0.25) is 5.69 Å². The topological polar surface area (TPSA) is 17.2 Å². The van der Waals surface area contributed by atoms with E-state index in [-0.39, 0.29) is 11.0 Å². The van der Waals surface area contributed by atoms with Gasteiger partial charge in [0.25, 0.3) is 0 Å². The largest absolute Gasteiger partial charge is 0.363 e. The van der Waals surface area contributed by atoms with E-state index in [1.807, 2.05) is 0 Å². The van der Waals surface area contributed by atoms with Gasteiger partial charge < -0.3 is 4.90 Å². The molecule has 2 aliphatic heterocycles. The highest BCUT2D eigenvalue weighted by Gasteiger charge is 2.59. The van der Waals surface area contributed by atoms with Crippen LogP contribution in [0.2, 0.25) is 6.32 Å². The Kier molecular flexibility index (Phi) is 9.83. The summed E-state index contributed by atoms with van der Waals surface area (Å²) < 4.78 is 0. The van der Waals surface area contributed by atoms with Gasteiger partial charge in [-0.1, -0.05) is 191 Å². The lowest BCUT2D eigenvalue weighted by Crippen LogP contribution is -2.68. The number of nitrogens with zero attached hydrogens (tertiary/aromatic N) is 1. The van der Waals surface area contributed by atoms with Gasteiger partial charge in [0, 0.05) is 35.4 Å². The zero-order valence-electron chi connectivity index (χ0n) is 30.7. The molecular formula is C48H51BN2. The van der Waals surface area contributed by atoms with Crippen LogP contribution in [-0.4, -0.2) is 24.4 Å². The summed E-state index contributed by atoms with van der Waals surface area (Å²) in [5.74, 6) is 0. The number of hydrogen-bond donors (Lipinski definition) is 1. The second-order valence-electron chi connectivity index (χ2n) is 15.0. The molecule has 256 valence electrons. The molecule has 1 aliphatic carbocycles. The molecular weight excluding hydrogens is 615 g/mol. The van der Waals surface area contributed by atoms with Crippen LogP contribution in [0.5, 0.6) is 0 Å². The van der Waals surface area contributed by atoms with Crippen molar-refractivity contribution in [1.29, 1.82) is 0 Å². The quantitative estimate of drug-likeness (QED) is 0.175. The molecule has 5 aromatic carbocycles. The molecule has 0 saturated carbocycles. The van der Waals surface area contributed by atoms with Crippen LogP contribution in [0, 0.1) is 0 Å². The Balaban J connectivity index is 0.000000163. The molecule has 0 aromatic heterocycles. The average molecular weight is 667 g/mol. The first-order valence-corrected chi connectivity index (χ1v) is 18.9. The number of rotatable bonds is 7. The summed E-state index contributed by atoms with van der Waals surface area (Å²) >= 11 is 0. The molecule has 1 N–H and O–H groups in total. The molecule has 0 fully saturated rings. The van der Waals surface area contributed by atoms with Gasteiger partial charge in [-0.3, -0.25) is 0 Å². The van der Waals surface area contributed by atoms with Gasteiger partial charge in [0.15, 0.2) is 5.71 Å². The molecule has 0 saturated heterocycles. The van der Waals surface area contributed by atoms with E-state index in [1.54, 1.807) is 0 Å². The number of likely N-dealkylation sites (N-methyl/N-ethyl adjacent to an activating group) is 1. The highest BCUT2D eigenvalue weighted by Crippen LogP contribution is 2.56. The molecule has 1 unspecified atom stereocenters. The van der Waals surface area contributed by atoms with Crippen LogP contribution in [0.25, 0.3) is 0 Å². The third kappa shape index (κ3) is 6.03. The first-order valence-electron chi connectivity index (χ1n) is 18.9. The molecule has 1 atom stereocenters. The Labute approximate surface area is 305 Å². The van der Waals surface area contributed by atoms with Gasteiger partial charge in [0.05, 0.1) is 18.1 Å². The van der Waals surface area contributed by atoms with Crippen LogP contribution in [0.3, 0.4) is 0 Å². The second-order valence-corrected chi connectivity index (χ2v) is 15.0. The molecule has 2 heterocycles. The van der Waals surface area contributed by atoms with Crippen LogP contribution >= 0.6 is 0 Å². The van der Waals surface area contributed by atoms with Gasteiger partial charge in [-0.15, -0.1) is 0 Å². The minimum atomic E-state index is -0.913. The SMILES string of the molecule is CCCC[B-](c1ccccc1)(c1ccccc1)c1ccccc1.CN1c2ccccc2C(C)(C)C12C/C=C\C=C/C=C2C1=[NH+]c2ccccc2C1. The van der Waals surface area contributed by atoms with Gasteiger partial charge >= 0.3 is 0 Å². The van der Waals surface area contributed by atoms with Crippen molar-refractivity contribution in [3.05, 3.63) is 187 Å². The first kappa shape index (κ1) is 34.3. The summed E-state index contributed by atoms with van der Waals surface area (Å²) in [7, 11) is 2.27. The molecule has 0 amide bonds. The first-order chi connectivity index (χ1) is 24.9. The Hall–Kier alpha value is -5.15. The Bertz CT molecular complexity index is 1980. The Morgan fingerprint density at radius 3 is 1.82 bits per heavy atom. The second kappa shape index (κ2) is 14.6. The maximum atomic E-state index is 3.75. The highest BCUT2D eigenvalue weighted by atomic mass is 15.2. The lowest BCUT2D eigenvalue weighted by molar-refractivity contribution is -0.349. The van der Waals surface area contributed by atoms with Crippen LogP contribution < -0.4 is 26.3 Å². The van der Waals surface area contributed by atoms with Crippen molar-refractivity contribution in [2.75, 3.05) is 11.9 Å². The summed E-state index contributed by atoms with van der Waals surface area (Å²) in [5, 5.41) is 0. The zero-order chi connectivity index (χ0) is 35.3. The van der Waals surface area contributed by atoms with E-state index < -0.39 is 6.15 Å². The molecule has 0 bridgehead atoms. The van der Waals surface area contributed by atoms with Crippen molar-refractivity contribution in [3.63, 3.8) is 0 Å². The Morgan fingerprint density at radius 2 is 1.24 bits per heavy atom. The van der Waals surface area contributed by atoms with Gasteiger partial charge in [-0.2, -0.15) is 22.7 Å². The van der Waals surface area contributed by atoms with E-state index in [0.717, 1.165) is 12.8 Å². The molecule has 5 aromatic rings. The van der Waals surface area contributed by atoms with E-state index in [4.69, 9.17) is 0 Å². The minimum absolute atomic E-state index is 0.0247. The fourth-order valence-electron chi connectivity index (χ4n) is 9.47. The van der Waals surface area contributed by atoms with Crippen molar-refractivity contribution >= 4 is 39.6 Å². The van der Waals surface area contributed by atoms with Crippen molar-refractivity contribution in [2.24, 2.45) is 0 Å². The summed E-state index contributed by atoms with van der Waals surface area (Å²) in [4.78, 5) is 6.28. The number of para-hydroxylation sites is 2. The summed E-state index contributed by atoms with van der Waals surface area (Å²) in [5.41, 5.74) is 12.3. The number of hydrogen-bond acceptors (Lipinski definition) is 1. The monoisotopic (exact) mass is 666 g/mol. The lowest BCUT2D eigenvalue weighted by Gasteiger charge is -2.47. The molecule has 51 heavy (non-hydrogen) atoms. The van der Waals surface area contributed by atoms with Gasteiger partial charge in [-0.25, -0.2) is 4.99 Å². The molecule has 3 heteroatoms. The van der Waals surface area contributed by atoms with E-state index >= 15 is 0 Å². The number of anilines is 1. The number of fused-ring (bicyclic) bond motifs is 2. The van der Waals surface area contributed by atoms with Crippen LogP contribution in [0.1, 0.15) is 51.2 Å². The van der Waals surface area contributed by atoms with Crippen molar-refractivity contribution in [1.82, 2.24) is 0 Å². The van der Waals surface area contributed by atoms with E-state index in [2.05, 4.69) is 208 Å². The van der Waals surface area contributed by atoms with Crippen LogP contribution in [0.4, 0.5) is 11.4 Å². The predicted octanol–water partition coefficient (Wildman–Crippen LogP) is 7.96. The zero-order valence-corrected chi connectivity index (χ0v) is 30.7. The summed E-state index contributed by atoms with van der Waals surface area (Å²) in [6.07, 6.45) is 15.8. The number of unbranched alkanes of at least 4 members (excludes halogenated alkanes) is 1. The normalized spacial score (nSPS) is 19.8. The van der Waals surface area contributed by atoms with Gasteiger partial charge in [-0.05, 0) is 18.1 Å². The summed E-state index contributed by atoms with van der Waals surface area (Å²) in [6, 6.07) is 50.7. The highest BCUT2D eigenvalue weighted by molar-refractivity contribution is 7.11. The van der Waals surface area contributed by atoms with Crippen molar-refractivity contribution < 1.29 is 4.99 Å². The van der Waals surface area contributed by atoms with Gasteiger partial charge in [0.1, 0.15) is 0 Å². The predicted molar refractivity (Wildman–Crippen MR) is 221 cm³/mol. The third-order valence-corrected chi connectivity index (χ3v) is 12.1. The van der Waals surface area contributed by atoms with Crippen molar-refractivity contribution in [2.45, 2.75) is 63.7 Å². The van der Waals surface area contributed by atoms with Crippen molar-refractivity contribution in [3.8, 4) is 0 Å². The number of nitrogens with one attached hydrogen (secondary N) is 1. The fourth-order valence-corrected chi connectivity index (χ4v) is 9.47. The Morgan fingerprint density at radius 1 is 0.667 bits per heavy atom. The summed E-state index contributed by atoms with van der Waals surface area (Å²) in [6.45, 7) is 7.10. The van der Waals surface area contributed by atoms with E-state index in [1.165, 1.54) is 69.3 Å². The minimum Gasteiger partial charge on any atom is -0.363 e. The molecule has 3 aliphatic rings. The van der Waals surface area contributed by atoms with E-state index in [0.29, 0.717) is 0 Å². The third-order valence-electron chi connectivity index (χ3n) is 12.1. The fraction of sp³-hybridized carbons (Fsp3) is 0.229. The maximum absolute atomic E-state index is 3.75. The average Bonchev–Trinajstić information content (AvgIpc) is 3.67. The number of benzene rings is 5. The number of allylic oxidation sites excluding steroid dienone is 4. The standard InChI is InChI=1S/C26H26N2.C22H24B/c1-25(2)21-14-8-10-16-24(21)28(3)26(25)17-11-5-4-6-13-20(26)23-18-19-12-7-9-15-22(19)27-23;1-2-3-19-23(20-13-7-4-8-14-20,21-15-9-5-10-16-21)22-17-11-6-12-18-22/h4-16H,17-18H2,1-3H3;4-18H,2-3,19H2,1H3/q;-1/p+1/b6-4-,11-5-,20-13?;.